The van der Waals surface area contributed by atoms with Crippen molar-refractivity contribution >= 4 is 5.91 Å². The molecule has 0 aromatic rings. The molecule has 0 radical (unpaired) electrons. The summed E-state index contributed by atoms with van der Waals surface area (Å²) in [6.07, 6.45) is 1.92. The van der Waals surface area contributed by atoms with Crippen LogP contribution in [0.5, 0.6) is 0 Å². The molecule has 3 N–H and O–H groups in total. The molecule has 0 saturated carbocycles. The van der Waals surface area contributed by atoms with Crippen molar-refractivity contribution in [2.75, 3.05) is 6.54 Å². The van der Waals surface area contributed by atoms with Crippen molar-refractivity contribution < 1.29 is 9.90 Å². The predicted octanol–water partition coefficient (Wildman–Crippen LogP) is 0.0955. The highest BCUT2D eigenvalue weighted by Gasteiger charge is 2.29. The predicted molar refractivity (Wildman–Crippen MR) is 54.7 cm³/mol. The van der Waals surface area contributed by atoms with E-state index in [0.717, 1.165) is 12.8 Å². The zero-order chi connectivity index (χ0) is 10.7. The normalized spacial score (nSPS) is 30.1. The third kappa shape index (κ3) is 2.45. The molecule has 14 heavy (non-hydrogen) atoms. The number of likely N-dealkylation sites (tertiary alicyclic amines) is 1. The number of rotatable bonds is 2. The van der Waals surface area contributed by atoms with Gasteiger partial charge in [0.15, 0.2) is 0 Å². The zero-order valence-electron chi connectivity index (χ0n) is 8.94. The summed E-state index contributed by atoms with van der Waals surface area (Å²) in [6, 6.07) is -0.203. The second-order valence-electron chi connectivity index (χ2n) is 4.09. The van der Waals surface area contributed by atoms with Crippen LogP contribution in [0.3, 0.4) is 0 Å². The van der Waals surface area contributed by atoms with E-state index in [1.165, 1.54) is 0 Å². The highest BCUT2D eigenvalue weighted by atomic mass is 16.3. The number of nitrogens with two attached hydrogens (primary N) is 1. The fourth-order valence-corrected chi connectivity index (χ4v) is 1.78. The maximum atomic E-state index is 11.8. The molecule has 0 aromatic heterocycles. The summed E-state index contributed by atoms with van der Waals surface area (Å²) in [5.41, 5.74) is 5.68. The Balaban J connectivity index is 2.60. The van der Waals surface area contributed by atoms with Crippen LogP contribution in [0.1, 0.15) is 33.1 Å². The zero-order valence-corrected chi connectivity index (χ0v) is 8.94. The molecule has 82 valence electrons. The topological polar surface area (TPSA) is 66.6 Å². The first-order valence-electron chi connectivity index (χ1n) is 5.30. The minimum absolute atomic E-state index is 0.0289. The third-order valence-corrected chi connectivity index (χ3v) is 2.90. The number of nitrogens with zero attached hydrogens (tertiary/aromatic N) is 1. The van der Waals surface area contributed by atoms with E-state index in [1.54, 1.807) is 4.90 Å². The molecule has 1 aliphatic rings. The maximum absolute atomic E-state index is 11.8. The van der Waals surface area contributed by atoms with E-state index in [2.05, 4.69) is 0 Å². The molecule has 1 saturated heterocycles. The summed E-state index contributed by atoms with van der Waals surface area (Å²) >= 11 is 0. The van der Waals surface area contributed by atoms with E-state index in [4.69, 9.17) is 5.73 Å². The standard InChI is InChI=1S/C10H20N2O2/c1-3-9(11)10(14)12-6-8(13)5-4-7(12)2/h7-9,13H,3-6,11H2,1-2H3. The average Bonchev–Trinajstić information content (AvgIpc) is 2.19. The Morgan fingerprint density at radius 2 is 2.29 bits per heavy atom. The summed E-state index contributed by atoms with van der Waals surface area (Å²) in [6.45, 7) is 4.34. The summed E-state index contributed by atoms with van der Waals surface area (Å²) in [4.78, 5) is 13.5. The number of aliphatic hydroxyl groups excluding tert-OH is 1. The number of hydrogen-bond acceptors (Lipinski definition) is 3. The van der Waals surface area contributed by atoms with Gasteiger partial charge in [-0.2, -0.15) is 0 Å². The van der Waals surface area contributed by atoms with Gasteiger partial charge >= 0.3 is 0 Å². The molecule has 1 rings (SSSR count). The lowest BCUT2D eigenvalue weighted by molar-refractivity contribution is -0.138. The van der Waals surface area contributed by atoms with E-state index in [-0.39, 0.29) is 18.1 Å². The second-order valence-corrected chi connectivity index (χ2v) is 4.09. The smallest absolute Gasteiger partial charge is 0.239 e. The molecule has 0 spiro atoms. The number of carbonyl (C=O) groups excluding carboxylic acids is 1. The van der Waals surface area contributed by atoms with Crippen molar-refractivity contribution in [2.45, 2.75) is 51.3 Å². The van der Waals surface area contributed by atoms with Crippen LogP contribution in [0.2, 0.25) is 0 Å². The summed E-state index contributed by atoms with van der Waals surface area (Å²) in [5.74, 6) is -0.0289. The molecule has 1 fully saturated rings. The fourth-order valence-electron chi connectivity index (χ4n) is 1.78. The lowest BCUT2D eigenvalue weighted by atomic mass is 10.00. The van der Waals surface area contributed by atoms with Crippen LogP contribution in [0.4, 0.5) is 0 Å². The first-order chi connectivity index (χ1) is 6.56. The van der Waals surface area contributed by atoms with Gasteiger partial charge in [-0.25, -0.2) is 0 Å². The lowest BCUT2D eigenvalue weighted by Crippen LogP contribution is -2.52. The van der Waals surface area contributed by atoms with Gasteiger partial charge in [-0.1, -0.05) is 6.92 Å². The quantitative estimate of drug-likeness (QED) is 0.664. The van der Waals surface area contributed by atoms with Gasteiger partial charge < -0.3 is 15.7 Å². The number of piperidine rings is 1. The van der Waals surface area contributed by atoms with Gasteiger partial charge in [0.2, 0.25) is 5.91 Å². The van der Waals surface area contributed by atoms with Crippen molar-refractivity contribution in [1.82, 2.24) is 4.90 Å². The van der Waals surface area contributed by atoms with Gasteiger partial charge in [0.25, 0.3) is 0 Å². The van der Waals surface area contributed by atoms with Gasteiger partial charge in [0, 0.05) is 12.6 Å². The van der Waals surface area contributed by atoms with Crippen LogP contribution >= 0.6 is 0 Å². The van der Waals surface area contributed by atoms with Crippen LogP contribution < -0.4 is 5.73 Å². The number of aliphatic hydroxyl groups is 1. The van der Waals surface area contributed by atoms with E-state index < -0.39 is 6.04 Å². The third-order valence-electron chi connectivity index (χ3n) is 2.90. The van der Waals surface area contributed by atoms with E-state index in [0.29, 0.717) is 13.0 Å². The van der Waals surface area contributed by atoms with E-state index in [1.807, 2.05) is 13.8 Å². The summed E-state index contributed by atoms with van der Waals surface area (Å²) in [5, 5.41) is 9.47. The Kier molecular flexibility index (Phi) is 3.89. The van der Waals surface area contributed by atoms with Crippen LogP contribution in [0, 0.1) is 0 Å². The molecular formula is C10H20N2O2. The molecule has 0 aliphatic carbocycles. The first kappa shape index (κ1) is 11.5. The lowest BCUT2D eigenvalue weighted by Gasteiger charge is -2.37. The number of amides is 1. The molecule has 1 heterocycles. The van der Waals surface area contributed by atoms with Crippen LogP contribution in [0.15, 0.2) is 0 Å². The number of β-amino-alcohol motifs (C(OH)–C–C–N with tert-alkyl or cyclic N) is 1. The molecule has 3 unspecified atom stereocenters. The van der Waals surface area contributed by atoms with Crippen molar-refractivity contribution in [3.8, 4) is 0 Å². The van der Waals surface area contributed by atoms with Crippen LogP contribution in [-0.2, 0) is 4.79 Å². The van der Waals surface area contributed by atoms with Crippen LogP contribution in [-0.4, -0.2) is 40.6 Å². The summed E-state index contributed by atoms with van der Waals surface area (Å²) < 4.78 is 0. The first-order valence-corrected chi connectivity index (χ1v) is 5.30. The van der Waals surface area contributed by atoms with Crippen LogP contribution in [0.25, 0.3) is 0 Å². The Hall–Kier alpha value is -0.610. The van der Waals surface area contributed by atoms with Gasteiger partial charge in [-0.15, -0.1) is 0 Å². The molecule has 4 heteroatoms. The van der Waals surface area contributed by atoms with E-state index in [9.17, 15) is 9.90 Å². The monoisotopic (exact) mass is 200 g/mol. The minimum Gasteiger partial charge on any atom is -0.391 e. The number of carbonyl (C=O) groups is 1. The Labute approximate surface area is 85.1 Å². The molecule has 0 bridgehead atoms. The van der Waals surface area contributed by atoms with Crippen molar-refractivity contribution in [2.24, 2.45) is 5.73 Å². The van der Waals surface area contributed by atoms with Gasteiger partial charge in [-0.05, 0) is 26.2 Å². The van der Waals surface area contributed by atoms with Crippen molar-refractivity contribution in [1.29, 1.82) is 0 Å². The van der Waals surface area contributed by atoms with Gasteiger partial charge in [0.1, 0.15) is 0 Å². The Bertz CT molecular complexity index is 208. The molecule has 3 atom stereocenters. The number of hydrogen-bond donors (Lipinski definition) is 2. The molecule has 4 nitrogen and oxygen atoms in total. The maximum Gasteiger partial charge on any atom is 0.239 e. The summed E-state index contributed by atoms with van der Waals surface area (Å²) in [7, 11) is 0. The fraction of sp³-hybridized carbons (Fsp3) is 0.900. The highest BCUT2D eigenvalue weighted by molar-refractivity contribution is 5.82. The highest BCUT2D eigenvalue weighted by Crippen LogP contribution is 2.17. The van der Waals surface area contributed by atoms with Crippen molar-refractivity contribution in [3.05, 3.63) is 0 Å². The molecule has 1 aliphatic heterocycles. The van der Waals surface area contributed by atoms with Gasteiger partial charge in [0.05, 0.1) is 12.1 Å². The van der Waals surface area contributed by atoms with Gasteiger partial charge in [-0.3, -0.25) is 4.79 Å². The second kappa shape index (κ2) is 4.75. The van der Waals surface area contributed by atoms with E-state index >= 15 is 0 Å². The Morgan fingerprint density at radius 1 is 1.64 bits per heavy atom. The van der Waals surface area contributed by atoms with Crippen molar-refractivity contribution in [3.63, 3.8) is 0 Å². The Morgan fingerprint density at radius 3 is 2.86 bits per heavy atom. The molecular weight excluding hydrogens is 180 g/mol. The molecule has 1 amide bonds. The molecule has 0 aromatic carbocycles. The SMILES string of the molecule is CCC(N)C(=O)N1CC(O)CCC1C. The minimum atomic E-state index is -0.414. The average molecular weight is 200 g/mol. The largest absolute Gasteiger partial charge is 0.391 e.